The number of phenols is 1. The highest BCUT2D eigenvalue weighted by molar-refractivity contribution is 5.85. The number of piperazine rings is 1. The Hall–Kier alpha value is -4.05. The molecule has 1 saturated heterocycles. The number of hydrogen-bond acceptors (Lipinski definition) is 9. The number of ether oxygens (including phenoxy) is 2. The second kappa shape index (κ2) is 10.4. The number of nitrogens with zero attached hydrogens (tertiary/aromatic N) is 6. The first kappa shape index (κ1) is 24.3. The molecule has 2 aromatic carbocycles. The van der Waals surface area contributed by atoms with Gasteiger partial charge in [-0.2, -0.15) is 0 Å². The van der Waals surface area contributed by atoms with Crippen LogP contribution >= 0.6 is 0 Å². The van der Waals surface area contributed by atoms with Gasteiger partial charge in [-0.1, -0.05) is 18.2 Å². The molecule has 2 aliphatic heterocycles. The molecular formula is C28H33N7O3. The van der Waals surface area contributed by atoms with E-state index in [9.17, 15) is 5.11 Å². The molecule has 2 aromatic heterocycles. The fourth-order valence-electron chi connectivity index (χ4n) is 5.12. The molecule has 10 heteroatoms. The maximum Gasteiger partial charge on any atom is 0.231 e. The van der Waals surface area contributed by atoms with Crippen molar-refractivity contribution in [2.75, 3.05) is 49.7 Å². The largest absolute Gasteiger partial charge is 0.508 e. The van der Waals surface area contributed by atoms with Gasteiger partial charge in [0.15, 0.2) is 28.5 Å². The number of anilines is 2. The van der Waals surface area contributed by atoms with Crippen molar-refractivity contribution in [1.82, 2.24) is 24.4 Å². The number of hydrogen-bond donors (Lipinski definition) is 2. The van der Waals surface area contributed by atoms with Gasteiger partial charge in [0.25, 0.3) is 0 Å². The number of fused-ring (bicyclic) bond motifs is 2. The smallest absolute Gasteiger partial charge is 0.231 e. The van der Waals surface area contributed by atoms with Gasteiger partial charge in [-0.3, -0.25) is 9.47 Å². The van der Waals surface area contributed by atoms with Crippen molar-refractivity contribution in [2.45, 2.75) is 32.9 Å². The van der Waals surface area contributed by atoms with E-state index < -0.39 is 0 Å². The number of phenolic OH excluding ortho intramolecular Hbond substituents is 1. The van der Waals surface area contributed by atoms with Crippen LogP contribution in [0.5, 0.6) is 17.2 Å². The lowest BCUT2D eigenvalue weighted by molar-refractivity contribution is 0.174. The summed E-state index contributed by atoms with van der Waals surface area (Å²) in [7, 11) is 0. The summed E-state index contributed by atoms with van der Waals surface area (Å²) in [5, 5.41) is 13.0. The number of aromatic hydroxyl groups is 1. The van der Waals surface area contributed by atoms with Gasteiger partial charge in [-0.15, -0.1) is 0 Å². The Morgan fingerprint density at radius 1 is 0.947 bits per heavy atom. The normalized spacial score (nSPS) is 15.5. The van der Waals surface area contributed by atoms with Crippen LogP contribution in [0.2, 0.25) is 0 Å². The first-order valence-electron chi connectivity index (χ1n) is 13.2. The van der Waals surface area contributed by atoms with Crippen molar-refractivity contribution in [3.8, 4) is 17.2 Å². The van der Waals surface area contributed by atoms with E-state index in [0.717, 1.165) is 79.1 Å². The predicted molar refractivity (Wildman–Crippen MR) is 146 cm³/mol. The molecule has 0 spiro atoms. The average Bonchev–Trinajstić information content (AvgIpc) is 3.55. The Morgan fingerprint density at radius 3 is 2.50 bits per heavy atom. The number of rotatable bonds is 8. The molecule has 0 amide bonds. The quantitative estimate of drug-likeness (QED) is 0.363. The lowest BCUT2D eigenvalue weighted by Crippen LogP contribution is -2.47. The van der Waals surface area contributed by atoms with Gasteiger partial charge in [-0.05, 0) is 55.7 Å². The molecule has 0 unspecified atom stereocenters. The van der Waals surface area contributed by atoms with Crippen LogP contribution in [-0.4, -0.2) is 69.0 Å². The summed E-state index contributed by atoms with van der Waals surface area (Å²) in [6.07, 6.45) is 2.42. The molecule has 198 valence electrons. The summed E-state index contributed by atoms with van der Waals surface area (Å²) in [5.41, 5.74) is 4.02. The molecule has 0 saturated carbocycles. The Balaban J connectivity index is 1.15. The second-order valence-corrected chi connectivity index (χ2v) is 10.1. The molecule has 0 aliphatic carbocycles. The van der Waals surface area contributed by atoms with Gasteiger partial charge in [-0.25, -0.2) is 15.0 Å². The van der Waals surface area contributed by atoms with Crippen molar-refractivity contribution in [2.24, 2.45) is 0 Å². The van der Waals surface area contributed by atoms with Crippen molar-refractivity contribution in [3.63, 3.8) is 0 Å². The van der Waals surface area contributed by atoms with Crippen molar-refractivity contribution in [3.05, 3.63) is 59.9 Å². The summed E-state index contributed by atoms with van der Waals surface area (Å²) < 4.78 is 13.2. The highest BCUT2D eigenvalue weighted by Gasteiger charge is 2.26. The first-order valence-corrected chi connectivity index (χ1v) is 13.2. The predicted octanol–water partition coefficient (Wildman–Crippen LogP) is 3.82. The van der Waals surface area contributed by atoms with E-state index >= 15 is 0 Å². The minimum Gasteiger partial charge on any atom is -0.508 e. The zero-order valence-corrected chi connectivity index (χ0v) is 21.8. The van der Waals surface area contributed by atoms with Crippen molar-refractivity contribution in [1.29, 1.82) is 0 Å². The minimum atomic E-state index is 0.210. The fourth-order valence-corrected chi connectivity index (χ4v) is 5.12. The van der Waals surface area contributed by atoms with Crippen LogP contribution in [0.1, 0.15) is 31.0 Å². The first-order chi connectivity index (χ1) is 18.5. The van der Waals surface area contributed by atoms with Crippen LogP contribution in [-0.2, 0) is 13.0 Å². The molecule has 0 atom stereocenters. The van der Waals surface area contributed by atoms with Crippen LogP contribution in [0.15, 0.2) is 48.8 Å². The molecule has 2 aliphatic rings. The Bertz CT molecular complexity index is 1410. The van der Waals surface area contributed by atoms with E-state index in [2.05, 4.69) is 55.6 Å². The van der Waals surface area contributed by atoms with Gasteiger partial charge >= 0.3 is 0 Å². The topological polar surface area (TPSA) is 101 Å². The van der Waals surface area contributed by atoms with Gasteiger partial charge in [0, 0.05) is 45.3 Å². The van der Waals surface area contributed by atoms with Crippen LogP contribution in [0, 0.1) is 0 Å². The number of nitrogens with one attached hydrogen (secondary N) is 1. The minimum absolute atomic E-state index is 0.210. The van der Waals surface area contributed by atoms with Crippen LogP contribution in [0.3, 0.4) is 0 Å². The summed E-state index contributed by atoms with van der Waals surface area (Å²) in [4.78, 5) is 19.0. The van der Waals surface area contributed by atoms with E-state index in [1.807, 2.05) is 18.2 Å². The average molecular weight is 516 g/mol. The number of benzene rings is 2. The molecule has 10 nitrogen and oxygen atoms in total. The standard InChI is InChI=1S/C28H33N7O3/c1-19(2)35-27-25(26(30-17-31-27)29-10-9-20-3-6-22(36)7-4-20)32-28(35)34-13-11-33(12-14-34)16-21-5-8-23-24(15-21)38-18-37-23/h3-8,15,17,19,36H,9-14,16,18H2,1-2H3,(H,29,30,31). The lowest BCUT2D eigenvalue weighted by Gasteiger charge is -2.35. The van der Waals surface area contributed by atoms with E-state index in [1.54, 1.807) is 18.5 Å². The zero-order chi connectivity index (χ0) is 26.1. The maximum absolute atomic E-state index is 9.51. The highest BCUT2D eigenvalue weighted by Crippen LogP contribution is 2.33. The zero-order valence-electron chi connectivity index (χ0n) is 21.8. The maximum atomic E-state index is 9.51. The van der Waals surface area contributed by atoms with Crippen LogP contribution in [0.25, 0.3) is 11.2 Å². The number of imidazole rings is 1. The Labute approximate surface area is 221 Å². The third-order valence-electron chi connectivity index (χ3n) is 7.12. The van der Waals surface area contributed by atoms with E-state index in [4.69, 9.17) is 14.5 Å². The lowest BCUT2D eigenvalue weighted by atomic mass is 10.1. The van der Waals surface area contributed by atoms with Gasteiger partial charge in [0.1, 0.15) is 12.1 Å². The van der Waals surface area contributed by atoms with E-state index in [1.165, 1.54) is 5.56 Å². The van der Waals surface area contributed by atoms with Gasteiger partial charge < -0.3 is 24.8 Å². The summed E-state index contributed by atoms with van der Waals surface area (Å²) in [6.45, 7) is 9.88. The summed E-state index contributed by atoms with van der Waals surface area (Å²) in [6, 6.07) is 13.7. The summed E-state index contributed by atoms with van der Waals surface area (Å²) >= 11 is 0. The molecule has 0 radical (unpaired) electrons. The van der Waals surface area contributed by atoms with Gasteiger partial charge in [0.05, 0.1) is 0 Å². The van der Waals surface area contributed by atoms with E-state index in [-0.39, 0.29) is 11.8 Å². The van der Waals surface area contributed by atoms with Crippen molar-refractivity contribution >= 4 is 22.9 Å². The Kier molecular flexibility index (Phi) is 6.63. The monoisotopic (exact) mass is 515 g/mol. The third-order valence-corrected chi connectivity index (χ3v) is 7.12. The fraction of sp³-hybridized carbons (Fsp3) is 0.393. The molecule has 0 bridgehead atoms. The Morgan fingerprint density at radius 2 is 1.71 bits per heavy atom. The highest BCUT2D eigenvalue weighted by atomic mass is 16.7. The summed E-state index contributed by atoms with van der Waals surface area (Å²) in [5.74, 6) is 3.62. The van der Waals surface area contributed by atoms with Crippen LogP contribution < -0.4 is 19.7 Å². The van der Waals surface area contributed by atoms with Crippen molar-refractivity contribution < 1.29 is 14.6 Å². The SMILES string of the molecule is CC(C)n1c(N2CCN(Cc3ccc4c(c3)OCO4)CC2)nc2c(NCCc3ccc(O)cc3)ncnc21. The molecule has 4 heterocycles. The molecule has 38 heavy (non-hydrogen) atoms. The third kappa shape index (κ3) is 4.91. The van der Waals surface area contributed by atoms with Crippen LogP contribution in [0.4, 0.5) is 11.8 Å². The van der Waals surface area contributed by atoms with E-state index in [0.29, 0.717) is 13.3 Å². The molecule has 6 rings (SSSR count). The number of aromatic nitrogens is 4. The molecular weight excluding hydrogens is 482 g/mol. The second-order valence-electron chi connectivity index (χ2n) is 10.1. The van der Waals surface area contributed by atoms with Gasteiger partial charge in [0.2, 0.25) is 12.7 Å². The molecule has 2 N–H and O–H groups in total. The molecule has 4 aromatic rings. The molecule has 1 fully saturated rings.